The fourth-order valence-corrected chi connectivity index (χ4v) is 5.14. The van der Waals surface area contributed by atoms with Crippen LogP contribution in [0.5, 0.6) is 0 Å². The summed E-state index contributed by atoms with van der Waals surface area (Å²) in [5.74, 6) is 0.974. The molecule has 1 saturated carbocycles. The van der Waals surface area contributed by atoms with Gasteiger partial charge in [0.1, 0.15) is 6.10 Å². The van der Waals surface area contributed by atoms with Gasteiger partial charge < -0.3 is 19.9 Å². The summed E-state index contributed by atoms with van der Waals surface area (Å²) in [6.07, 6.45) is 2.38. The van der Waals surface area contributed by atoms with Crippen LogP contribution in [0.25, 0.3) is 11.2 Å². The van der Waals surface area contributed by atoms with Crippen molar-refractivity contribution in [1.82, 2.24) is 25.0 Å². The number of hydrogen-bond donors (Lipinski definition) is 2. The number of aromatic nitrogens is 5. The van der Waals surface area contributed by atoms with Crippen molar-refractivity contribution in [3.8, 4) is 0 Å². The van der Waals surface area contributed by atoms with E-state index in [2.05, 4.69) is 43.3 Å². The van der Waals surface area contributed by atoms with E-state index in [1.54, 1.807) is 11.8 Å². The van der Waals surface area contributed by atoms with Gasteiger partial charge in [0, 0.05) is 24.8 Å². The van der Waals surface area contributed by atoms with Crippen LogP contribution in [0.1, 0.15) is 66.8 Å². The zero-order chi connectivity index (χ0) is 23.1. The third-order valence-electron chi connectivity index (χ3n) is 6.01. The van der Waals surface area contributed by atoms with Gasteiger partial charge in [0.25, 0.3) is 0 Å². The van der Waals surface area contributed by atoms with Gasteiger partial charge in [0.15, 0.2) is 27.9 Å². The highest BCUT2D eigenvalue weighted by Crippen LogP contribution is 2.47. The lowest BCUT2D eigenvalue weighted by atomic mass is 9.92. The monoisotopic (exact) mass is 464 g/mol. The predicted molar refractivity (Wildman–Crippen MR) is 125 cm³/mol. The van der Waals surface area contributed by atoms with Crippen LogP contribution in [-0.2, 0) is 9.47 Å². The van der Waals surface area contributed by atoms with E-state index in [-0.39, 0.29) is 36.2 Å². The molecule has 0 spiro atoms. The highest BCUT2D eigenvalue weighted by Gasteiger charge is 2.55. The molecule has 4 atom stereocenters. The Morgan fingerprint density at radius 1 is 1.22 bits per heavy atom. The zero-order valence-electron chi connectivity index (χ0n) is 20.0. The lowest BCUT2D eigenvalue weighted by Crippen LogP contribution is -2.28. The zero-order valence-corrected chi connectivity index (χ0v) is 20.8. The molecule has 10 heteroatoms. The van der Waals surface area contributed by atoms with Crippen LogP contribution < -0.4 is 5.32 Å². The van der Waals surface area contributed by atoms with Gasteiger partial charge in [-0.25, -0.2) is 14.6 Å². The van der Waals surface area contributed by atoms with Gasteiger partial charge in [-0.3, -0.25) is 0 Å². The Bertz CT molecular complexity index is 944. The Morgan fingerprint density at radius 2 is 1.97 bits per heavy atom. The van der Waals surface area contributed by atoms with E-state index in [0.29, 0.717) is 17.6 Å². The maximum Gasteiger partial charge on any atom is 0.191 e. The Kier molecular flexibility index (Phi) is 6.68. The molecular weight excluding hydrogens is 428 g/mol. The predicted octanol–water partition coefficient (Wildman–Crippen LogP) is 3.64. The van der Waals surface area contributed by atoms with E-state index in [4.69, 9.17) is 19.4 Å². The van der Waals surface area contributed by atoms with Crippen molar-refractivity contribution in [2.45, 2.75) is 90.0 Å². The second kappa shape index (κ2) is 9.04. The second-order valence-corrected chi connectivity index (χ2v) is 11.5. The lowest BCUT2D eigenvalue weighted by Gasteiger charge is -2.23. The molecule has 0 amide bonds. The van der Waals surface area contributed by atoms with Gasteiger partial charge in [-0.2, -0.15) is 0 Å². The van der Waals surface area contributed by atoms with Crippen LogP contribution in [0, 0.1) is 11.3 Å². The lowest BCUT2D eigenvalue weighted by molar-refractivity contribution is -0.162. The van der Waals surface area contributed by atoms with E-state index < -0.39 is 5.79 Å². The first kappa shape index (κ1) is 23.7. The SMILES string of the molecule is CCCSc1nc(NCCC(C)(C)C)c2nnn([C@@H]3C[C@H](CO)[C@H]4OC(C)(C)O[C@H]43)c2n1. The molecule has 0 bridgehead atoms. The average molecular weight is 465 g/mol. The summed E-state index contributed by atoms with van der Waals surface area (Å²) < 4.78 is 14.2. The standard InChI is InChI=1S/C22H36N6O3S/c1-7-10-32-20-24-18(23-9-8-21(2,3)4)15-19(25-20)28(27-26-15)14-11-13(12-29)16-17(14)31-22(5,6)30-16/h13-14,16-17,29H,7-12H2,1-6H3,(H,23,24,25)/t13-,14-,16-,17+/m1/s1. The fourth-order valence-electron chi connectivity index (χ4n) is 4.45. The van der Waals surface area contributed by atoms with Crippen LogP contribution in [0.2, 0.25) is 0 Å². The molecule has 178 valence electrons. The summed E-state index contributed by atoms with van der Waals surface area (Å²) >= 11 is 1.64. The molecule has 0 unspecified atom stereocenters. The Hall–Kier alpha value is -1.49. The number of thioether (sulfide) groups is 1. The second-order valence-electron chi connectivity index (χ2n) is 10.5. The number of aliphatic hydroxyl groups excluding tert-OH is 1. The molecule has 2 aliphatic rings. The van der Waals surface area contributed by atoms with Gasteiger partial charge in [-0.1, -0.05) is 44.7 Å². The van der Waals surface area contributed by atoms with E-state index in [9.17, 15) is 5.11 Å². The number of nitrogens with one attached hydrogen (secondary N) is 1. The largest absolute Gasteiger partial charge is 0.396 e. The van der Waals surface area contributed by atoms with Crippen LogP contribution in [0.3, 0.4) is 0 Å². The topological polar surface area (TPSA) is 107 Å². The molecule has 32 heavy (non-hydrogen) atoms. The van der Waals surface area contributed by atoms with Crippen molar-refractivity contribution in [3.63, 3.8) is 0 Å². The minimum absolute atomic E-state index is 0.00817. The molecule has 2 aromatic heterocycles. The van der Waals surface area contributed by atoms with Crippen molar-refractivity contribution in [1.29, 1.82) is 0 Å². The van der Waals surface area contributed by atoms with Crippen LogP contribution in [0.15, 0.2) is 5.16 Å². The molecule has 1 aliphatic heterocycles. The van der Waals surface area contributed by atoms with Crippen LogP contribution in [0.4, 0.5) is 5.82 Å². The van der Waals surface area contributed by atoms with E-state index in [0.717, 1.165) is 36.1 Å². The number of ether oxygens (including phenoxy) is 2. The molecule has 0 radical (unpaired) electrons. The summed E-state index contributed by atoms with van der Waals surface area (Å²) in [6.45, 7) is 13.5. The number of hydrogen-bond acceptors (Lipinski definition) is 9. The smallest absolute Gasteiger partial charge is 0.191 e. The van der Waals surface area contributed by atoms with Gasteiger partial charge in [-0.05, 0) is 38.5 Å². The summed E-state index contributed by atoms with van der Waals surface area (Å²) in [7, 11) is 0. The Balaban J connectivity index is 1.68. The average Bonchev–Trinajstić information content (AvgIpc) is 3.35. The third kappa shape index (κ3) is 4.88. The van der Waals surface area contributed by atoms with Gasteiger partial charge in [0.2, 0.25) is 0 Å². The molecule has 4 rings (SSSR count). The van der Waals surface area contributed by atoms with E-state index in [1.165, 1.54) is 0 Å². The first-order chi connectivity index (χ1) is 15.1. The number of aliphatic hydroxyl groups is 1. The van der Waals surface area contributed by atoms with E-state index in [1.807, 2.05) is 18.5 Å². The third-order valence-corrected chi connectivity index (χ3v) is 7.06. The molecule has 2 N–H and O–H groups in total. The van der Waals surface area contributed by atoms with Crippen molar-refractivity contribution < 1.29 is 14.6 Å². The minimum atomic E-state index is -0.686. The molecule has 1 aliphatic carbocycles. The summed E-state index contributed by atoms with van der Waals surface area (Å²) in [4.78, 5) is 9.57. The summed E-state index contributed by atoms with van der Waals surface area (Å²) in [5, 5.41) is 23.1. The molecule has 3 heterocycles. The number of rotatable bonds is 8. The molecular formula is C22H36N6O3S. The highest BCUT2D eigenvalue weighted by atomic mass is 32.2. The van der Waals surface area contributed by atoms with Gasteiger partial charge in [0.05, 0.1) is 12.1 Å². The maximum absolute atomic E-state index is 9.94. The number of anilines is 1. The summed E-state index contributed by atoms with van der Waals surface area (Å²) in [5.41, 5.74) is 1.59. The van der Waals surface area contributed by atoms with Crippen molar-refractivity contribution in [3.05, 3.63) is 0 Å². The number of nitrogens with zero attached hydrogens (tertiary/aromatic N) is 5. The van der Waals surface area contributed by atoms with Crippen molar-refractivity contribution in [2.75, 3.05) is 24.2 Å². The maximum atomic E-state index is 9.94. The van der Waals surface area contributed by atoms with Crippen molar-refractivity contribution >= 4 is 28.7 Å². The quantitative estimate of drug-likeness (QED) is 0.447. The van der Waals surface area contributed by atoms with E-state index >= 15 is 0 Å². The molecule has 2 aromatic rings. The highest BCUT2D eigenvalue weighted by molar-refractivity contribution is 7.99. The van der Waals surface area contributed by atoms with Gasteiger partial charge >= 0.3 is 0 Å². The van der Waals surface area contributed by atoms with Crippen LogP contribution in [-0.4, -0.2) is 67.0 Å². The first-order valence-corrected chi connectivity index (χ1v) is 12.6. The molecule has 9 nitrogen and oxygen atoms in total. The minimum Gasteiger partial charge on any atom is -0.396 e. The fraction of sp³-hybridized carbons (Fsp3) is 0.818. The number of fused-ring (bicyclic) bond motifs is 2. The Labute approximate surface area is 194 Å². The molecule has 2 fully saturated rings. The van der Waals surface area contributed by atoms with Crippen molar-refractivity contribution in [2.24, 2.45) is 11.3 Å². The Morgan fingerprint density at radius 3 is 2.66 bits per heavy atom. The first-order valence-electron chi connectivity index (χ1n) is 11.6. The van der Waals surface area contributed by atoms with Crippen LogP contribution >= 0.6 is 11.8 Å². The molecule has 0 aromatic carbocycles. The molecule has 1 saturated heterocycles. The summed E-state index contributed by atoms with van der Waals surface area (Å²) in [6, 6.07) is -0.106. The van der Waals surface area contributed by atoms with Gasteiger partial charge in [-0.15, -0.1) is 5.10 Å². The normalized spacial score (nSPS) is 27.2.